The maximum atomic E-state index is 12.2. The van der Waals surface area contributed by atoms with Gasteiger partial charge in [0.15, 0.2) is 12.4 Å². The smallest absolute Gasteiger partial charge is 0.271 e. The van der Waals surface area contributed by atoms with Gasteiger partial charge in [-0.1, -0.05) is 30.3 Å². The molecule has 0 aliphatic heterocycles. The first-order valence-corrected chi connectivity index (χ1v) is 8.31. The second-order valence-electron chi connectivity index (χ2n) is 5.84. The van der Waals surface area contributed by atoms with E-state index in [1.807, 2.05) is 18.2 Å². The van der Waals surface area contributed by atoms with Crippen LogP contribution in [0, 0.1) is 0 Å². The first-order chi connectivity index (χ1) is 13.1. The molecule has 0 saturated heterocycles. The summed E-state index contributed by atoms with van der Waals surface area (Å²) in [6.45, 7) is 0.199. The second kappa shape index (κ2) is 10.1. The summed E-state index contributed by atoms with van der Waals surface area (Å²) in [6.07, 6.45) is 4.85. The number of pyridine rings is 1. The normalized spacial score (nSPS) is 10.3. The van der Waals surface area contributed by atoms with Crippen LogP contribution in [0.2, 0.25) is 0 Å². The van der Waals surface area contributed by atoms with Gasteiger partial charge in [0.25, 0.3) is 5.91 Å². The Morgan fingerprint density at radius 3 is 2.21 bits per heavy atom. The minimum atomic E-state index is -0.355. The summed E-state index contributed by atoms with van der Waals surface area (Å²) in [6, 6.07) is 18.8. The molecule has 6 nitrogen and oxygen atoms in total. The van der Waals surface area contributed by atoms with Gasteiger partial charge < -0.3 is 22.1 Å². The van der Waals surface area contributed by atoms with Crippen molar-refractivity contribution in [3.63, 3.8) is 0 Å². The summed E-state index contributed by atoms with van der Waals surface area (Å²) in [7, 11) is 0. The monoisotopic (exact) mass is 439 g/mol. The zero-order chi connectivity index (χ0) is 19.1. The van der Waals surface area contributed by atoms with E-state index in [2.05, 4.69) is 10.5 Å². The second-order valence-corrected chi connectivity index (χ2v) is 5.84. The molecule has 7 heteroatoms. The minimum absolute atomic E-state index is 0. The van der Waals surface area contributed by atoms with Crippen molar-refractivity contribution in [2.75, 3.05) is 0 Å². The molecule has 28 heavy (non-hydrogen) atoms. The van der Waals surface area contributed by atoms with Gasteiger partial charge in [0.2, 0.25) is 12.3 Å². The lowest BCUT2D eigenvalue weighted by atomic mass is 10.1. The third-order valence-corrected chi connectivity index (χ3v) is 3.85. The number of aromatic nitrogens is 1. The largest absolute Gasteiger partial charge is 1.00 e. The molecule has 1 aromatic heterocycles. The van der Waals surface area contributed by atoms with Gasteiger partial charge in [0, 0.05) is 17.7 Å². The van der Waals surface area contributed by atoms with Crippen LogP contribution in [0.15, 0.2) is 84.2 Å². The molecule has 3 aromatic rings. The molecule has 0 fully saturated rings. The first-order valence-electron chi connectivity index (χ1n) is 8.31. The predicted molar refractivity (Wildman–Crippen MR) is 101 cm³/mol. The lowest BCUT2D eigenvalue weighted by Gasteiger charge is -2.01. The number of amides is 1. The summed E-state index contributed by atoms with van der Waals surface area (Å²) < 4.78 is 1.71. The summed E-state index contributed by atoms with van der Waals surface area (Å²) >= 11 is 0. The molecule has 2 aromatic carbocycles. The fourth-order valence-corrected chi connectivity index (χ4v) is 2.39. The van der Waals surface area contributed by atoms with Crippen molar-refractivity contribution in [2.24, 2.45) is 5.10 Å². The Kier molecular flexibility index (Phi) is 7.59. The molecule has 0 aliphatic carbocycles. The van der Waals surface area contributed by atoms with Crippen molar-refractivity contribution in [1.29, 1.82) is 0 Å². The third kappa shape index (κ3) is 5.85. The summed E-state index contributed by atoms with van der Waals surface area (Å²) in [5.74, 6) is -0.192. The third-order valence-electron chi connectivity index (χ3n) is 3.85. The fraction of sp³-hybridized carbons (Fsp3) is 0.0476. The Morgan fingerprint density at radius 2 is 1.57 bits per heavy atom. The van der Waals surface area contributed by atoms with Crippen molar-refractivity contribution in [3.05, 3.63) is 95.8 Å². The molecular formula is C21H18BrN3O3. The van der Waals surface area contributed by atoms with E-state index < -0.39 is 0 Å². The van der Waals surface area contributed by atoms with Gasteiger partial charge >= 0.3 is 0 Å². The Balaban J connectivity index is 0.00000280. The number of nitrogens with zero attached hydrogens (tertiary/aromatic N) is 2. The van der Waals surface area contributed by atoms with Gasteiger partial charge in [-0.3, -0.25) is 9.59 Å². The van der Waals surface area contributed by atoms with Crippen LogP contribution in [0.1, 0.15) is 26.3 Å². The number of halogens is 1. The van der Waals surface area contributed by atoms with Crippen molar-refractivity contribution < 1.29 is 36.2 Å². The maximum absolute atomic E-state index is 12.2. The number of ketones is 1. The van der Waals surface area contributed by atoms with E-state index in [4.69, 9.17) is 0 Å². The highest BCUT2D eigenvalue weighted by atomic mass is 79.9. The molecule has 1 heterocycles. The SMILES string of the molecule is O=C(C[n+]1ccc(C(=O)N/N=C/c2ccc(O)cc2)cc1)c1ccccc1.[Br-]. The highest BCUT2D eigenvalue weighted by Crippen LogP contribution is 2.07. The van der Waals surface area contributed by atoms with Gasteiger partial charge in [-0.15, -0.1) is 0 Å². The van der Waals surface area contributed by atoms with Crippen LogP contribution in [0.3, 0.4) is 0 Å². The fourth-order valence-electron chi connectivity index (χ4n) is 2.39. The van der Waals surface area contributed by atoms with Gasteiger partial charge in [-0.05, 0) is 29.8 Å². The number of nitrogens with one attached hydrogen (secondary N) is 1. The van der Waals surface area contributed by atoms with E-state index in [1.165, 1.54) is 18.3 Å². The number of hydrogen-bond donors (Lipinski definition) is 2. The maximum Gasteiger partial charge on any atom is 0.271 e. The van der Waals surface area contributed by atoms with Gasteiger partial charge in [0.1, 0.15) is 5.75 Å². The number of carbonyl (C=O) groups excluding carboxylic acids is 2. The lowest BCUT2D eigenvalue weighted by Crippen LogP contribution is -3.00. The van der Waals surface area contributed by atoms with E-state index in [-0.39, 0.29) is 41.0 Å². The number of Topliss-reactive ketones (excluding diaryl/α,β-unsaturated/α-hetero) is 1. The van der Waals surface area contributed by atoms with E-state index in [9.17, 15) is 14.7 Å². The highest BCUT2D eigenvalue weighted by molar-refractivity contribution is 5.95. The molecule has 0 radical (unpaired) electrons. The molecule has 142 valence electrons. The van der Waals surface area contributed by atoms with Crippen LogP contribution in [-0.4, -0.2) is 23.0 Å². The van der Waals surface area contributed by atoms with Crippen LogP contribution in [0.5, 0.6) is 5.75 Å². The Hall–Kier alpha value is -3.32. The van der Waals surface area contributed by atoms with E-state index in [0.717, 1.165) is 5.56 Å². The van der Waals surface area contributed by atoms with Crippen LogP contribution in [0.4, 0.5) is 0 Å². The van der Waals surface area contributed by atoms with Crippen LogP contribution in [0.25, 0.3) is 0 Å². The number of phenolic OH excluding ortho intramolecular Hbond substituents is 1. The molecule has 0 unspecified atom stereocenters. The number of benzene rings is 2. The van der Waals surface area contributed by atoms with Crippen molar-refractivity contribution in [2.45, 2.75) is 6.54 Å². The zero-order valence-electron chi connectivity index (χ0n) is 14.8. The number of phenols is 1. The van der Waals surface area contributed by atoms with E-state index in [1.54, 1.807) is 53.4 Å². The lowest BCUT2D eigenvalue weighted by molar-refractivity contribution is -0.683. The Morgan fingerprint density at radius 1 is 0.929 bits per heavy atom. The average Bonchev–Trinajstić information content (AvgIpc) is 2.70. The topological polar surface area (TPSA) is 82.6 Å². The molecule has 0 atom stereocenters. The number of carbonyl (C=O) groups is 2. The molecule has 2 N–H and O–H groups in total. The van der Waals surface area contributed by atoms with Gasteiger partial charge in [-0.2, -0.15) is 9.67 Å². The molecule has 0 aliphatic rings. The minimum Gasteiger partial charge on any atom is -1.00 e. The molecule has 0 spiro atoms. The molecular weight excluding hydrogens is 422 g/mol. The average molecular weight is 440 g/mol. The summed E-state index contributed by atoms with van der Waals surface area (Å²) in [5, 5.41) is 13.1. The standard InChI is InChI=1S/C21H17N3O3.BrH/c25-19-8-6-16(7-9-19)14-22-23-21(27)18-10-12-24(13-11-18)15-20(26)17-4-2-1-3-5-17;/h1-14,27H,15H2;1H. The summed E-state index contributed by atoms with van der Waals surface area (Å²) in [5.41, 5.74) is 4.27. The predicted octanol–water partition coefficient (Wildman–Crippen LogP) is -0.669. The zero-order valence-corrected chi connectivity index (χ0v) is 16.4. The number of aromatic hydroxyl groups is 1. The van der Waals surface area contributed by atoms with Crippen molar-refractivity contribution in [1.82, 2.24) is 5.43 Å². The molecule has 1 amide bonds. The number of hydrogen-bond acceptors (Lipinski definition) is 4. The van der Waals surface area contributed by atoms with Crippen LogP contribution >= 0.6 is 0 Å². The van der Waals surface area contributed by atoms with Gasteiger partial charge in [0.05, 0.1) is 11.8 Å². The first kappa shape index (κ1) is 21.0. The highest BCUT2D eigenvalue weighted by Gasteiger charge is 2.13. The molecule has 3 rings (SSSR count). The van der Waals surface area contributed by atoms with Crippen molar-refractivity contribution in [3.8, 4) is 5.75 Å². The van der Waals surface area contributed by atoms with Crippen LogP contribution < -0.4 is 27.0 Å². The number of rotatable bonds is 6. The van der Waals surface area contributed by atoms with E-state index >= 15 is 0 Å². The van der Waals surface area contributed by atoms with Gasteiger partial charge in [-0.25, -0.2) is 5.43 Å². The summed E-state index contributed by atoms with van der Waals surface area (Å²) in [4.78, 5) is 24.3. The van der Waals surface area contributed by atoms with E-state index in [0.29, 0.717) is 11.1 Å². The Bertz CT molecular complexity index is 956. The molecule has 0 saturated carbocycles. The molecule has 0 bridgehead atoms. The van der Waals surface area contributed by atoms with Crippen molar-refractivity contribution >= 4 is 17.9 Å². The Labute approximate surface area is 172 Å². The van der Waals surface area contributed by atoms with Crippen LogP contribution in [-0.2, 0) is 6.54 Å². The number of hydrazone groups is 1. The quantitative estimate of drug-likeness (QED) is 0.231.